The van der Waals surface area contributed by atoms with Crippen molar-refractivity contribution < 1.29 is 14.6 Å². The van der Waals surface area contributed by atoms with E-state index in [1.807, 2.05) is 66.7 Å². The summed E-state index contributed by atoms with van der Waals surface area (Å²) in [5.41, 5.74) is 5.17. The Hall–Kier alpha value is -4.04. The Kier molecular flexibility index (Phi) is 5.12. The Morgan fingerprint density at radius 2 is 1.97 bits per heavy atom. The van der Waals surface area contributed by atoms with E-state index in [2.05, 4.69) is 23.5 Å². The lowest BCUT2D eigenvalue weighted by molar-refractivity contribution is -0.139. The van der Waals surface area contributed by atoms with Crippen LogP contribution in [0.1, 0.15) is 29.0 Å². The van der Waals surface area contributed by atoms with Crippen LogP contribution in [0, 0.1) is 17.2 Å². The number of nitrogens with zero attached hydrogens (tertiary/aromatic N) is 1. The fraction of sp³-hybridized carbons (Fsp3) is 0.185. The highest BCUT2D eigenvalue weighted by Gasteiger charge is 2.41. The number of hydrogen-bond acceptors (Lipinski definition) is 4. The summed E-state index contributed by atoms with van der Waals surface area (Å²) in [7, 11) is 0. The molecule has 5 rings (SSSR count). The first-order valence-corrected chi connectivity index (χ1v) is 10.7. The minimum absolute atomic E-state index is 0.0129. The van der Waals surface area contributed by atoms with E-state index < -0.39 is 12.0 Å². The molecule has 5 nitrogen and oxygen atoms in total. The van der Waals surface area contributed by atoms with Gasteiger partial charge >= 0.3 is 5.97 Å². The van der Waals surface area contributed by atoms with Crippen molar-refractivity contribution in [2.24, 2.45) is 5.92 Å². The molecule has 5 heteroatoms. The van der Waals surface area contributed by atoms with Crippen LogP contribution >= 0.6 is 0 Å². The lowest BCUT2D eigenvalue weighted by Crippen LogP contribution is -2.41. The number of carboxylic acid groups (broad SMARTS) is 1. The molecule has 3 aromatic carbocycles. The van der Waals surface area contributed by atoms with Crippen molar-refractivity contribution >= 4 is 11.7 Å². The van der Waals surface area contributed by atoms with Gasteiger partial charge in [-0.05, 0) is 40.8 Å². The molecule has 1 aliphatic carbocycles. The molecule has 0 amide bonds. The molecule has 1 aliphatic heterocycles. The Labute approximate surface area is 186 Å². The van der Waals surface area contributed by atoms with Gasteiger partial charge in [-0.15, -0.1) is 0 Å². The molecule has 0 saturated carbocycles. The topological polar surface area (TPSA) is 82.3 Å². The van der Waals surface area contributed by atoms with E-state index in [9.17, 15) is 15.2 Å². The van der Waals surface area contributed by atoms with E-state index in [4.69, 9.17) is 4.74 Å². The number of benzene rings is 3. The third-order valence-corrected chi connectivity index (χ3v) is 6.31. The average Bonchev–Trinajstić information content (AvgIpc) is 3.32. The maximum atomic E-state index is 11.9. The van der Waals surface area contributed by atoms with Crippen molar-refractivity contribution in [3.63, 3.8) is 0 Å². The summed E-state index contributed by atoms with van der Waals surface area (Å²) in [5.74, 6) is -0.136. The van der Waals surface area contributed by atoms with Crippen molar-refractivity contribution in [3.8, 4) is 22.9 Å². The number of nitriles is 1. The Balaban J connectivity index is 1.41. The molecule has 0 aromatic heterocycles. The highest BCUT2D eigenvalue weighted by molar-refractivity contribution is 5.82. The molecule has 2 aliphatic rings. The largest absolute Gasteiger partial charge is 0.487 e. The number of carboxylic acids is 1. The summed E-state index contributed by atoms with van der Waals surface area (Å²) in [6, 6.07) is 23.0. The van der Waals surface area contributed by atoms with Gasteiger partial charge in [0.05, 0.1) is 17.3 Å². The van der Waals surface area contributed by atoms with E-state index in [0.29, 0.717) is 11.3 Å². The molecule has 1 heterocycles. The number of carbonyl (C=O) groups is 1. The quantitative estimate of drug-likeness (QED) is 0.542. The molecule has 0 radical (unpaired) electrons. The van der Waals surface area contributed by atoms with Gasteiger partial charge in [-0.3, -0.25) is 0 Å². The molecule has 0 spiro atoms. The average molecular weight is 422 g/mol. The maximum Gasteiger partial charge on any atom is 0.326 e. The first kappa shape index (κ1) is 19.9. The number of allylic oxidation sites excluding steroid dienone is 2. The van der Waals surface area contributed by atoms with Crippen molar-refractivity contribution in [3.05, 3.63) is 95.6 Å². The van der Waals surface area contributed by atoms with Crippen LogP contribution in [-0.2, 0) is 11.4 Å². The molecule has 3 unspecified atom stereocenters. The van der Waals surface area contributed by atoms with Gasteiger partial charge in [0.25, 0.3) is 0 Å². The number of hydrogen-bond donors (Lipinski definition) is 2. The van der Waals surface area contributed by atoms with Gasteiger partial charge in [0.2, 0.25) is 0 Å². The monoisotopic (exact) mass is 422 g/mol. The Morgan fingerprint density at radius 1 is 1.12 bits per heavy atom. The van der Waals surface area contributed by atoms with Crippen LogP contribution in [0.25, 0.3) is 11.1 Å². The second-order valence-corrected chi connectivity index (χ2v) is 8.18. The standard InChI is InChI=1S/C27H22N2O3/c28-15-19-14-17(12-13-20(19)18-6-2-1-3-7-18)16-32-24-11-5-10-22-21-8-4-9-23(21)26(27(30)31)29-25(22)24/h1-8,10-14,21,23,26,29H,9,16H2,(H,30,31). The van der Waals surface area contributed by atoms with Gasteiger partial charge in [0.1, 0.15) is 18.4 Å². The number of anilines is 1. The molecule has 3 aromatic rings. The summed E-state index contributed by atoms with van der Waals surface area (Å²) in [6.45, 7) is 0.281. The molecular formula is C27H22N2O3. The first-order valence-electron chi connectivity index (χ1n) is 10.7. The summed E-state index contributed by atoms with van der Waals surface area (Å²) < 4.78 is 6.12. The lowest BCUT2D eigenvalue weighted by Gasteiger charge is -2.35. The van der Waals surface area contributed by atoms with Crippen LogP contribution in [0.2, 0.25) is 0 Å². The van der Waals surface area contributed by atoms with Gasteiger partial charge in [-0.25, -0.2) is 4.79 Å². The van der Waals surface area contributed by atoms with Gasteiger partial charge in [-0.1, -0.05) is 66.7 Å². The van der Waals surface area contributed by atoms with Gasteiger partial charge < -0.3 is 15.2 Å². The molecule has 0 bridgehead atoms. The minimum atomic E-state index is -0.848. The number of aliphatic carboxylic acids is 1. The van der Waals surface area contributed by atoms with Crippen LogP contribution in [-0.4, -0.2) is 17.1 Å². The van der Waals surface area contributed by atoms with Crippen molar-refractivity contribution in [1.82, 2.24) is 0 Å². The molecule has 0 saturated heterocycles. The molecular weight excluding hydrogens is 400 g/mol. The van der Waals surface area contributed by atoms with E-state index in [0.717, 1.165) is 34.4 Å². The normalized spacial score (nSPS) is 20.5. The second kappa shape index (κ2) is 8.24. The van der Waals surface area contributed by atoms with Crippen molar-refractivity contribution in [1.29, 1.82) is 5.26 Å². The predicted octanol–water partition coefficient (Wildman–Crippen LogP) is 5.34. The fourth-order valence-electron chi connectivity index (χ4n) is 4.76. The fourth-order valence-corrected chi connectivity index (χ4v) is 4.76. The zero-order chi connectivity index (χ0) is 22.1. The Bertz CT molecular complexity index is 1240. The van der Waals surface area contributed by atoms with Crippen LogP contribution in [0.3, 0.4) is 0 Å². The van der Waals surface area contributed by atoms with E-state index in [1.165, 1.54) is 0 Å². The molecule has 2 N–H and O–H groups in total. The molecule has 0 fully saturated rings. The zero-order valence-electron chi connectivity index (χ0n) is 17.4. The summed E-state index contributed by atoms with van der Waals surface area (Å²) >= 11 is 0. The molecule has 3 atom stereocenters. The number of ether oxygens (including phenoxy) is 1. The van der Waals surface area contributed by atoms with Crippen LogP contribution < -0.4 is 10.1 Å². The predicted molar refractivity (Wildman–Crippen MR) is 122 cm³/mol. The molecule has 32 heavy (non-hydrogen) atoms. The number of nitrogens with one attached hydrogen (secondary N) is 1. The first-order chi connectivity index (χ1) is 15.7. The summed E-state index contributed by atoms with van der Waals surface area (Å²) in [6.07, 6.45) is 4.92. The number of para-hydroxylation sites is 1. The third-order valence-electron chi connectivity index (χ3n) is 6.31. The van der Waals surface area contributed by atoms with E-state index >= 15 is 0 Å². The summed E-state index contributed by atoms with van der Waals surface area (Å²) in [4.78, 5) is 11.9. The van der Waals surface area contributed by atoms with Gasteiger partial charge in [-0.2, -0.15) is 5.26 Å². The zero-order valence-corrected chi connectivity index (χ0v) is 17.4. The SMILES string of the molecule is N#Cc1cc(COc2cccc3c2NC(C(=O)O)C2CC=CC32)ccc1-c1ccccc1. The third kappa shape index (κ3) is 3.50. The van der Waals surface area contributed by atoms with E-state index in [1.54, 1.807) is 0 Å². The van der Waals surface area contributed by atoms with Crippen molar-refractivity contribution in [2.45, 2.75) is 25.0 Å². The van der Waals surface area contributed by atoms with Gasteiger partial charge in [0.15, 0.2) is 0 Å². The van der Waals surface area contributed by atoms with Crippen LogP contribution in [0.5, 0.6) is 5.75 Å². The second-order valence-electron chi connectivity index (χ2n) is 8.18. The minimum Gasteiger partial charge on any atom is -0.487 e. The smallest absolute Gasteiger partial charge is 0.326 e. The van der Waals surface area contributed by atoms with Crippen LogP contribution in [0.4, 0.5) is 5.69 Å². The highest BCUT2D eigenvalue weighted by Crippen LogP contribution is 2.47. The maximum absolute atomic E-state index is 11.9. The van der Waals surface area contributed by atoms with Crippen molar-refractivity contribution in [2.75, 3.05) is 5.32 Å². The Morgan fingerprint density at radius 3 is 2.75 bits per heavy atom. The summed E-state index contributed by atoms with van der Waals surface area (Å²) in [5, 5.41) is 22.6. The lowest BCUT2D eigenvalue weighted by atomic mass is 9.79. The van der Waals surface area contributed by atoms with Crippen LogP contribution in [0.15, 0.2) is 78.9 Å². The number of fused-ring (bicyclic) bond motifs is 3. The van der Waals surface area contributed by atoms with Gasteiger partial charge in [0, 0.05) is 11.8 Å². The number of rotatable bonds is 5. The van der Waals surface area contributed by atoms with E-state index in [-0.39, 0.29) is 18.4 Å². The molecule has 158 valence electrons. The highest BCUT2D eigenvalue weighted by atomic mass is 16.5.